The largest absolute Gasteiger partial charge is 0.416 e. The summed E-state index contributed by atoms with van der Waals surface area (Å²) in [7, 11) is 0. The number of aryl methyl sites for hydroxylation is 1. The number of amides is 1. The van der Waals surface area contributed by atoms with E-state index in [9.17, 15) is 27.2 Å². The van der Waals surface area contributed by atoms with Crippen LogP contribution in [0.15, 0.2) is 53.5 Å². The third-order valence-corrected chi connectivity index (χ3v) is 5.74. The first kappa shape index (κ1) is 21.9. The van der Waals surface area contributed by atoms with Crippen LogP contribution < -0.4 is 10.3 Å². The van der Waals surface area contributed by atoms with Crippen molar-refractivity contribution < 1.29 is 22.4 Å². The van der Waals surface area contributed by atoms with Gasteiger partial charge in [-0.25, -0.2) is 4.39 Å². The van der Waals surface area contributed by atoms with Crippen molar-refractivity contribution in [2.45, 2.75) is 19.6 Å². The summed E-state index contributed by atoms with van der Waals surface area (Å²) in [5, 5.41) is -0.141. The molecule has 9 heteroatoms. The number of hydrogen-bond donors (Lipinski definition) is 0. The van der Waals surface area contributed by atoms with Gasteiger partial charge in [-0.15, -0.1) is 0 Å². The highest BCUT2D eigenvalue weighted by molar-refractivity contribution is 5.97. The van der Waals surface area contributed by atoms with Gasteiger partial charge >= 0.3 is 6.18 Å². The van der Waals surface area contributed by atoms with Crippen molar-refractivity contribution in [3.63, 3.8) is 0 Å². The highest BCUT2D eigenvalue weighted by Crippen LogP contribution is 2.31. The van der Waals surface area contributed by atoms with E-state index in [1.54, 1.807) is 29.7 Å². The predicted molar refractivity (Wildman–Crippen MR) is 113 cm³/mol. The van der Waals surface area contributed by atoms with Gasteiger partial charge in [-0.1, -0.05) is 12.1 Å². The average molecular weight is 447 g/mol. The van der Waals surface area contributed by atoms with Crippen molar-refractivity contribution in [3.05, 3.63) is 75.8 Å². The summed E-state index contributed by atoms with van der Waals surface area (Å²) in [6, 6.07) is 9.34. The Morgan fingerprint density at radius 2 is 1.72 bits per heavy atom. The number of aromatic nitrogens is 1. The van der Waals surface area contributed by atoms with Crippen molar-refractivity contribution in [2.75, 3.05) is 31.1 Å². The summed E-state index contributed by atoms with van der Waals surface area (Å²) in [6.45, 7) is 3.44. The molecule has 0 spiro atoms. The van der Waals surface area contributed by atoms with Crippen molar-refractivity contribution in [1.82, 2.24) is 9.47 Å². The van der Waals surface area contributed by atoms with E-state index >= 15 is 0 Å². The van der Waals surface area contributed by atoms with Gasteiger partial charge in [-0.2, -0.15) is 13.2 Å². The van der Waals surface area contributed by atoms with E-state index in [0.29, 0.717) is 30.8 Å². The van der Waals surface area contributed by atoms with Crippen LogP contribution in [0.25, 0.3) is 10.9 Å². The summed E-state index contributed by atoms with van der Waals surface area (Å²) in [5.74, 6) is -0.891. The molecule has 1 aliphatic rings. The lowest BCUT2D eigenvalue weighted by atomic mass is 10.1. The standard InChI is InChI=1S/C23H21F4N3O2/c1-2-28-14-17(21(31)16-13-15(23(25,26)27)7-8-19(16)28)22(32)30-11-9-29(10-12-30)20-6-4-3-5-18(20)24/h3-8,13-14H,2,9-12H2,1H3. The molecule has 0 saturated carbocycles. The summed E-state index contributed by atoms with van der Waals surface area (Å²) >= 11 is 0. The number of nitrogens with zero attached hydrogens (tertiary/aromatic N) is 3. The molecule has 1 amide bonds. The van der Waals surface area contributed by atoms with Crippen molar-refractivity contribution >= 4 is 22.5 Å². The third kappa shape index (κ3) is 3.94. The number of fused-ring (bicyclic) bond motifs is 1. The Morgan fingerprint density at radius 3 is 2.34 bits per heavy atom. The number of halogens is 4. The molecule has 1 saturated heterocycles. The molecule has 3 aromatic rings. The molecular weight excluding hydrogens is 426 g/mol. The van der Waals surface area contributed by atoms with Crippen molar-refractivity contribution in [1.29, 1.82) is 0 Å². The number of pyridine rings is 1. The van der Waals surface area contributed by atoms with E-state index in [2.05, 4.69) is 0 Å². The molecule has 0 radical (unpaired) electrons. The fraction of sp³-hybridized carbons (Fsp3) is 0.304. The van der Waals surface area contributed by atoms with E-state index in [1.165, 1.54) is 23.2 Å². The van der Waals surface area contributed by atoms with Gasteiger partial charge in [0.05, 0.1) is 16.8 Å². The molecule has 0 N–H and O–H groups in total. The first-order valence-electron chi connectivity index (χ1n) is 10.2. The molecule has 0 aliphatic carbocycles. The number of anilines is 1. The van der Waals surface area contributed by atoms with E-state index in [0.717, 1.165) is 12.1 Å². The number of hydrogen-bond acceptors (Lipinski definition) is 3. The van der Waals surface area contributed by atoms with E-state index in [-0.39, 0.29) is 29.9 Å². The lowest BCUT2D eigenvalue weighted by Gasteiger charge is -2.36. The number of rotatable bonds is 3. The van der Waals surface area contributed by atoms with E-state index in [4.69, 9.17) is 0 Å². The number of para-hydroxylation sites is 1. The smallest absolute Gasteiger partial charge is 0.366 e. The topological polar surface area (TPSA) is 45.6 Å². The summed E-state index contributed by atoms with van der Waals surface area (Å²) in [5.41, 5.74) is -1.05. The molecule has 32 heavy (non-hydrogen) atoms. The minimum absolute atomic E-state index is 0.141. The van der Waals surface area contributed by atoms with Gasteiger partial charge < -0.3 is 14.4 Å². The zero-order valence-electron chi connectivity index (χ0n) is 17.3. The number of carbonyl (C=O) groups excluding carboxylic acids is 1. The molecule has 0 unspecified atom stereocenters. The SMILES string of the molecule is CCn1cc(C(=O)N2CCN(c3ccccc3F)CC2)c(=O)c2cc(C(F)(F)F)ccc21. The van der Waals surface area contributed by atoms with Gasteiger partial charge in [0.15, 0.2) is 0 Å². The minimum atomic E-state index is -4.60. The zero-order chi connectivity index (χ0) is 23.0. The second-order valence-corrected chi connectivity index (χ2v) is 7.62. The Labute approximate surface area is 181 Å². The van der Waals surface area contributed by atoms with Gasteiger partial charge in [0.2, 0.25) is 5.43 Å². The Balaban J connectivity index is 1.64. The van der Waals surface area contributed by atoms with Crippen LogP contribution in [-0.4, -0.2) is 41.6 Å². The van der Waals surface area contributed by atoms with Gasteiger partial charge in [0.25, 0.3) is 5.91 Å². The normalized spacial score (nSPS) is 14.8. The maximum Gasteiger partial charge on any atom is 0.416 e. The number of benzene rings is 2. The van der Waals surface area contributed by atoms with Crippen LogP contribution in [0.5, 0.6) is 0 Å². The monoisotopic (exact) mass is 447 g/mol. The molecule has 2 aromatic carbocycles. The highest BCUT2D eigenvalue weighted by Gasteiger charge is 2.32. The van der Waals surface area contributed by atoms with Crippen LogP contribution >= 0.6 is 0 Å². The lowest BCUT2D eigenvalue weighted by molar-refractivity contribution is -0.137. The predicted octanol–water partition coefficient (Wildman–Crippen LogP) is 4.14. The van der Waals surface area contributed by atoms with Gasteiger partial charge in [-0.3, -0.25) is 9.59 Å². The third-order valence-electron chi connectivity index (χ3n) is 5.74. The molecule has 1 aromatic heterocycles. The molecule has 0 atom stereocenters. The number of carbonyl (C=O) groups is 1. The molecule has 1 fully saturated rings. The first-order chi connectivity index (χ1) is 15.2. The molecular formula is C23H21F4N3O2. The molecule has 4 rings (SSSR count). The summed E-state index contributed by atoms with van der Waals surface area (Å²) in [6.07, 6.45) is -3.19. The minimum Gasteiger partial charge on any atom is -0.366 e. The molecule has 5 nitrogen and oxygen atoms in total. The van der Waals surface area contributed by atoms with Gasteiger partial charge in [-0.05, 0) is 37.3 Å². The Morgan fingerprint density at radius 1 is 1.03 bits per heavy atom. The highest BCUT2D eigenvalue weighted by atomic mass is 19.4. The van der Waals surface area contributed by atoms with E-state index in [1.807, 2.05) is 4.90 Å². The molecule has 1 aliphatic heterocycles. The quantitative estimate of drug-likeness (QED) is 0.567. The second-order valence-electron chi connectivity index (χ2n) is 7.62. The van der Waals surface area contributed by atoms with Gasteiger partial charge in [0, 0.05) is 44.3 Å². The fourth-order valence-electron chi connectivity index (χ4n) is 4.02. The second kappa shape index (κ2) is 8.29. The van der Waals surface area contributed by atoms with E-state index < -0.39 is 23.1 Å². The Hall–Kier alpha value is -3.36. The van der Waals surface area contributed by atoms with Gasteiger partial charge in [0.1, 0.15) is 11.4 Å². The Kier molecular flexibility index (Phi) is 5.66. The number of alkyl halides is 3. The Bertz CT molecular complexity index is 1230. The van der Waals surface area contributed by atoms with Crippen LogP contribution in [0, 0.1) is 5.82 Å². The van der Waals surface area contributed by atoms with Crippen LogP contribution in [0.3, 0.4) is 0 Å². The fourth-order valence-corrected chi connectivity index (χ4v) is 4.02. The molecule has 2 heterocycles. The lowest BCUT2D eigenvalue weighted by Crippen LogP contribution is -2.49. The molecule has 168 valence electrons. The summed E-state index contributed by atoms with van der Waals surface area (Å²) < 4.78 is 55.2. The molecule has 0 bridgehead atoms. The van der Waals surface area contributed by atoms with Crippen molar-refractivity contribution in [3.8, 4) is 0 Å². The van der Waals surface area contributed by atoms with Crippen LogP contribution in [0.4, 0.5) is 23.2 Å². The maximum absolute atomic E-state index is 14.0. The van der Waals surface area contributed by atoms with Crippen LogP contribution in [0.2, 0.25) is 0 Å². The van der Waals surface area contributed by atoms with Crippen molar-refractivity contribution in [2.24, 2.45) is 0 Å². The van der Waals surface area contributed by atoms with Crippen LogP contribution in [-0.2, 0) is 12.7 Å². The first-order valence-corrected chi connectivity index (χ1v) is 10.2. The van der Waals surface area contributed by atoms with Crippen LogP contribution in [0.1, 0.15) is 22.8 Å². The zero-order valence-corrected chi connectivity index (χ0v) is 17.3. The maximum atomic E-state index is 14.0. The average Bonchev–Trinajstić information content (AvgIpc) is 2.79. The number of piperazine rings is 1. The summed E-state index contributed by atoms with van der Waals surface area (Å²) in [4.78, 5) is 29.4.